The third kappa shape index (κ3) is 3.57. The number of rotatable bonds is 6. The predicted molar refractivity (Wildman–Crippen MR) is 114 cm³/mol. The molecule has 0 spiro atoms. The van der Waals surface area contributed by atoms with Gasteiger partial charge in [-0.05, 0) is 29.8 Å². The highest BCUT2D eigenvalue weighted by Gasteiger charge is 2.15. The molecule has 0 saturated heterocycles. The number of H-pyrrole nitrogens is 1. The molecule has 0 aliphatic rings. The van der Waals surface area contributed by atoms with Crippen LogP contribution in [0.4, 0.5) is 0 Å². The van der Waals surface area contributed by atoms with Crippen LogP contribution >= 0.6 is 0 Å². The van der Waals surface area contributed by atoms with Crippen LogP contribution in [0.3, 0.4) is 0 Å². The Morgan fingerprint density at radius 2 is 1.84 bits per heavy atom. The average Bonchev–Trinajstić information content (AvgIpc) is 3.17. The van der Waals surface area contributed by atoms with Crippen molar-refractivity contribution in [1.82, 2.24) is 14.1 Å². The van der Waals surface area contributed by atoms with Crippen molar-refractivity contribution in [3.63, 3.8) is 0 Å². The van der Waals surface area contributed by atoms with E-state index in [0.29, 0.717) is 22.5 Å². The maximum atomic E-state index is 12.9. The van der Waals surface area contributed by atoms with Crippen molar-refractivity contribution >= 4 is 17.0 Å². The molecule has 158 valence electrons. The highest BCUT2D eigenvalue weighted by Crippen LogP contribution is 2.37. The van der Waals surface area contributed by atoms with Gasteiger partial charge < -0.3 is 24.5 Å². The second kappa shape index (κ2) is 7.86. The lowest BCUT2D eigenvalue weighted by atomic mass is 10.0. The molecule has 0 saturated carbocycles. The minimum Gasteiger partial charge on any atom is -0.504 e. The number of carboxylic acid groups (broad SMARTS) is 1. The van der Waals surface area contributed by atoms with Gasteiger partial charge in [0, 0.05) is 24.0 Å². The number of aliphatic carboxylic acids is 1. The van der Waals surface area contributed by atoms with E-state index in [1.165, 1.54) is 7.11 Å². The van der Waals surface area contributed by atoms with Gasteiger partial charge in [0.05, 0.1) is 19.0 Å². The first kappa shape index (κ1) is 20.0. The molecule has 0 radical (unpaired) electrons. The van der Waals surface area contributed by atoms with Gasteiger partial charge in [0.15, 0.2) is 11.5 Å². The van der Waals surface area contributed by atoms with Gasteiger partial charge in [0.25, 0.3) is 5.56 Å². The Bertz CT molecular complexity index is 1400. The first-order chi connectivity index (χ1) is 14.9. The van der Waals surface area contributed by atoms with Gasteiger partial charge in [-0.2, -0.15) is 0 Å². The van der Waals surface area contributed by atoms with Gasteiger partial charge in [0.2, 0.25) is 0 Å². The van der Waals surface area contributed by atoms with Crippen LogP contribution in [0.15, 0.2) is 64.3 Å². The summed E-state index contributed by atoms with van der Waals surface area (Å²) in [6.45, 7) is -0.224. The molecule has 0 fully saturated rings. The van der Waals surface area contributed by atoms with E-state index in [9.17, 15) is 19.5 Å². The fourth-order valence-electron chi connectivity index (χ4n) is 3.50. The van der Waals surface area contributed by atoms with Crippen LogP contribution in [-0.4, -0.2) is 37.4 Å². The maximum Gasteiger partial charge on any atom is 0.328 e. The summed E-state index contributed by atoms with van der Waals surface area (Å²) in [6, 6.07) is 14.0. The molecule has 4 aromatic rings. The van der Waals surface area contributed by atoms with Crippen LogP contribution in [0.25, 0.3) is 27.8 Å². The van der Waals surface area contributed by atoms with Crippen LogP contribution in [0.2, 0.25) is 0 Å². The molecule has 9 heteroatoms. The first-order valence-electron chi connectivity index (χ1n) is 9.43. The first-order valence-corrected chi connectivity index (χ1v) is 9.43. The van der Waals surface area contributed by atoms with Crippen molar-refractivity contribution in [2.45, 2.75) is 13.0 Å². The summed E-state index contributed by atoms with van der Waals surface area (Å²) in [4.78, 5) is 38.5. The van der Waals surface area contributed by atoms with Crippen molar-refractivity contribution < 1.29 is 19.7 Å². The molecule has 2 aromatic heterocycles. The van der Waals surface area contributed by atoms with Crippen LogP contribution in [0.1, 0.15) is 6.42 Å². The zero-order chi connectivity index (χ0) is 22.1. The Hall–Kier alpha value is -4.27. The number of carboxylic acids is 1. The lowest BCUT2D eigenvalue weighted by Crippen LogP contribution is -2.36. The van der Waals surface area contributed by atoms with Crippen LogP contribution in [-0.2, 0) is 11.3 Å². The number of aromatic nitrogens is 3. The average molecular weight is 421 g/mol. The van der Waals surface area contributed by atoms with Crippen LogP contribution in [0.5, 0.6) is 11.5 Å². The highest BCUT2D eigenvalue weighted by atomic mass is 16.5. The van der Waals surface area contributed by atoms with E-state index >= 15 is 0 Å². The number of fused-ring (bicyclic) bond motifs is 1. The Kier molecular flexibility index (Phi) is 5.08. The molecule has 0 aliphatic heterocycles. The normalized spacial score (nSPS) is 11.0. The number of aromatic amines is 1. The number of hydrogen-bond donors (Lipinski definition) is 3. The number of nitrogens with one attached hydrogen (secondary N) is 1. The molecular formula is C22H19N3O6. The minimum atomic E-state index is -1.10. The summed E-state index contributed by atoms with van der Waals surface area (Å²) in [7, 11) is 1.48. The zero-order valence-corrected chi connectivity index (χ0v) is 16.5. The molecule has 2 heterocycles. The molecule has 0 unspecified atom stereocenters. The van der Waals surface area contributed by atoms with Crippen molar-refractivity contribution in [2.24, 2.45) is 0 Å². The quantitative estimate of drug-likeness (QED) is 0.439. The number of ether oxygens (including phenoxy) is 1. The molecule has 3 N–H and O–H groups in total. The molecular weight excluding hydrogens is 402 g/mol. The Balaban J connectivity index is 1.78. The van der Waals surface area contributed by atoms with E-state index in [-0.39, 0.29) is 24.2 Å². The molecule has 31 heavy (non-hydrogen) atoms. The number of aromatic hydroxyl groups is 1. The zero-order valence-electron chi connectivity index (χ0n) is 16.5. The van der Waals surface area contributed by atoms with E-state index in [0.717, 1.165) is 10.1 Å². The molecule has 0 aliphatic carbocycles. The summed E-state index contributed by atoms with van der Waals surface area (Å²) in [5, 5.41) is 19.2. The van der Waals surface area contributed by atoms with Crippen molar-refractivity contribution in [3.05, 3.63) is 75.6 Å². The maximum absolute atomic E-state index is 12.9. The monoisotopic (exact) mass is 421 g/mol. The number of benzene rings is 2. The molecule has 0 amide bonds. The summed E-state index contributed by atoms with van der Waals surface area (Å²) >= 11 is 0. The molecule has 0 bridgehead atoms. The number of nitrogens with zero attached hydrogens (tertiary/aromatic N) is 2. The Morgan fingerprint density at radius 3 is 2.52 bits per heavy atom. The van der Waals surface area contributed by atoms with Gasteiger partial charge in [-0.15, -0.1) is 0 Å². The van der Waals surface area contributed by atoms with Gasteiger partial charge in [-0.1, -0.05) is 24.3 Å². The largest absolute Gasteiger partial charge is 0.504 e. The number of phenolic OH excluding ortho intramolecular Hbond substituents is 1. The topological polar surface area (TPSA) is 127 Å². The van der Waals surface area contributed by atoms with Gasteiger partial charge in [-0.3, -0.25) is 14.2 Å². The fraction of sp³-hybridized carbons (Fsp3) is 0.136. The van der Waals surface area contributed by atoms with E-state index in [1.807, 2.05) is 0 Å². The lowest BCUT2D eigenvalue weighted by molar-refractivity contribution is -0.137. The number of carbonyl (C=O) groups is 1. The van der Waals surface area contributed by atoms with Crippen LogP contribution in [0, 0.1) is 0 Å². The number of methoxy groups -OCH3 is 1. The highest BCUT2D eigenvalue weighted by molar-refractivity contribution is 5.78. The van der Waals surface area contributed by atoms with Gasteiger partial charge >= 0.3 is 11.7 Å². The summed E-state index contributed by atoms with van der Waals surface area (Å²) < 4.78 is 7.66. The molecule has 0 atom stereocenters. The summed E-state index contributed by atoms with van der Waals surface area (Å²) in [5.41, 5.74) is 1.39. The van der Waals surface area contributed by atoms with Crippen molar-refractivity contribution in [1.29, 1.82) is 0 Å². The van der Waals surface area contributed by atoms with E-state index in [1.54, 1.807) is 59.3 Å². The van der Waals surface area contributed by atoms with E-state index < -0.39 is 17.2 Å². The van der Waals surface area contributed by atoms with Gasteiger partial charge in [-0.25, -0.2) is 4.79 Å². The fourth-order valence-corrected chi connectivity index (χ4v) is 3.50. The SMILES string of the molecule is COc1cccc(-c2ccc(-n3ccc4[nH]c(=O)n(CCC(=O)O)c(=O)c43)cc2)c1O. The lowest BCUT2D eigenvalue weighted by Gasteiger charge is -2.11. The molecule has 4 rings (SSSR count). The summed E-state index contributed by atoms with van der Waals surface area (Å²) in [6.07, 6.45) is 1.31. The second-order valence-corrected chi connectivity index (χ2v) is 6.88. The predicted octanol–water partition coefficient (Wildman–Crippen LogP) is 2.34. The number of phenols is 1. The third-order valence-electron chi connectivity index (χ3n) is 5.05. The summed E-state index contributed by atoms with van der Waals surface area (Å²) in [5.74, 6) is -0.704. The Morgan fingerprint density at radius 1 is 1.10 bits per heavy atom. The van der Waals surface area contributed by atoms with Crippen molar-refractivity contribution in [3.8, 4) is 28.3 Å². The van der Waals surface area contributed by atoms with E-state index in [2.05, 4.69) is 4.98 Å². The van der Waals surface area contributed by atoms with E-state index in [4.69, 9.17) is 9.84 Å². The van der Waals surface area contributed by atoms with Crippen LogP contribution < -0.4 is 16.0 Å². The number of hydrogen-bond acceptors (Lipinski definition) is 5. The molecule has 9 nitrogen and oxygen atoms in total. The van der Waals surface area contributed by atoms with Gasteiger partial charge in [0.1, 0.15) is 5.52 Å². The third-order valence-corrected chi connectivity index (χ3v) is 5.05. The smallest absolute Gasteiger partial charge is 0.328 e. The second-order valence-electron chi connectivity index (χ2n) is 6.88. The standard InChI is InChI=1S/C22H19N3O6/c1-31-17-4-2-3-15(20(17)28)13-5-7-14(8-6-13)24-11-9-16-19(24)21(29)25(22(30)23-16)12-10-18(26)27/h2-9,11,28H,10,12H2,1H3,(H,23,30)(H,26,27). The minimum absolute atomic E-state index is 0.0306. The van der Waals surface area contributed by atoms with Crippen molar-refractivity contribution in [2.75, 3.05) is 7.11 Å². The molecule has 2 aromatic carbocycles. The Labute approximate surface area is 175 Å². The number of para-hydroxylation sites is 1.